The molecule has 1 aliphatic rings. The molecule has 1 heterocycles. The van der Waals surface area contributed by atoms with Gasteiger partial charge in [0.05, 0.1) is 4.92 Å². The lowest BCUT2D eigenvalue weighted by Crippen LogP contribution is -2.32. The van der Waals surface area contributed by atoms with Crippen molar-refractivity contribution in [2.45, 2.75) is 96.9 Å². The molecule has 1 aliphatic carbocycles. The van der Waals surface area contributed by atoms with Gasteiger partial charge in [-0.2, -0.15) is 13.2 Å². The Kier molecular flexibility index (Phi) is 11.8. The zero-order valence-corrected chi connectivity index (χ0v) is 24.1. The average Bonchev–Trinajstić information content (AvgIpc) is 2.94. The first-order chi connectivity index (χ1) is 19.5. The number of carbonyl (C=O) groups excluding carboxylic acids is 1. The van der Waals surface area contributed by atoms with Crippen LogP contribution < -0.4 is 10.1 Å². The maximum atomic E-state index is 13.3. The van der Waals surface area contributed by atoms with Crippen molar-refractivity contribution in [1.82, 2.24) is 9.88 Å². The van der Waals surface area contributed by atoms with Crippen LogP contribution in [0.1, 0.15) is 83.3 Å². The quantitative estimate of drug-likeness (QED) is 0.185. The third-order valence-electron chi connectivity index (χ3n) is 7.60. The highest BCUT2D eigenvalue weighted by Crippen LogP contribution is 2.38. The lowest BCUT2D eigenvalue weighted by atomic mass is 9.92. The number of nitro benzene ring substituents is 1. The molecule has 0 saturated heterocycles. The molecule has 1 fully saturated rings. The maximum absolute atomic E-state index is 13.3. The lowest BCUT2D eigenvalue weighted by molar-refractivity contribution is -0.388. The van der Waals surface area contributed by atoms with Crippen LogP contribution in [0.25, 0.3) is 0 Å². The molecule has 226 valence electrons. The van der Waals surface area contributed by atoms with Gasteiger partial charge in [0.1, 0.15) is 11.7 Å². The Hall–Kier alpha value is -3.37. The van der Waals surface area contributed by atoms with E-state index >= 15 is 0 Å². The Morgan fingerprint density at radius 2 is 1.88 bits per heavy atom. The van der Waals surface area contributed by atoms with Crippen LogP contribution in [0.3, 0.4) is 0 Å². The van der Waals surface area contributed by atoms with Crippen LogP contribution in [0.2, 0.25) is 0 Å². The van der Waals surface area contributed by atoms with Crippen molar-refractivity contribution in [2.24, 2.45) is 5.92 Å². The number of nitrogens with one attached hydrogen (secondary N) is 1. The van der Waals surface area contributed by atoms with Crippen LogP contribution in [0.5, 0.6) is 5.88 Å². The summed E-state index contributed by atoms with van der Waals surface area (Å²) in [6.07, 6.45) is 4.05. The maximum Gasteiger partial charge on any atom is 0.423 e. The number of aryl methyl sites for hydroxylation is 1. The topological polar surface area (TPSA) is 97.6 Å². The van der Waals surface area contributed by atoms with Gasteiger partial charge in [0.2, 0.25) is 11.8 Å². The van der Waals surface area contributed by atoms with Crippen LogP contribution in [-0.4, -0.2) is 45.9 Å². The summed E-state index contributed by atoms with van der Waals surface area (Å²) in [5.41, 5.74) is -0.849. The summed E-state index contributed by atoms with van der Waals surface area (Å²) in [5.74, 6) is 1.25. The molecule has 1 atom stereocenters. The van der Waals surface area contributed by atoms with Crippen LogP contribution in [0.15, 0.2) is 36.5 Å². The first-order valence-corrected chi connectivity index (χ1v) is 14.5. The fraction of sp³-hybridized carbons (Fsp3) is 0.600. The van der Waals surface area contributed by atoms with Crippen molar-refractivity contribution in [3.63, 3.8) is 0 Å². The molecule has 41 heavy (non-hydrogen) atoms. The molecule has 0 aliphatic heterocycles. The minimum absolute atomic E-state index is 0.0435. The molecule has 0 spiro atoms. The first-order valence-electron chi connectivity index (χ1n) is 14.5. The number of rotatable bonds is 14. The molecule has 1 aromatic carbocycles. The van der Waals surface area contributed by atoms with Crippen molar-refractivity contribution in [3.8, 4) is 5.88 Å². The molecule has 1 unspecified atom stereocenters. The number of aromatic nitrogens is 1. The minimum Gasteiger partial charge on any atom is -0.474 e. The number of amides is 1. The van der Waals surface area contributed by atoms with Gasteiger partial charge in [0.15, 0.2) is 0 Å². The molecule has 8 nitrogen and oxygen atoms in total. The summed E-state index contributed by atoms with van der Waals surface area (Å²) in [7, 11) is 0. The number of anilines is 1. The van der Waals surface area contributed by atoms with Crippen molar-refractivity contribution in [2.75, 3.05) is 18.4 Å². The van der Waals surface area contributed by atoms with E-state index in [2.05, 4.69) is 24.1 Å². The standard InChI is InChI=1S/C30H41F3N4O4/c1-4-17-36(29(38)5-2)18-15-21(3)6-7-22-14-16-34-28(19-22)41-25-11-8-23(9-12-25)35-24-10-13-27(37(39)40)26(20-24)30(31,32)33/h10,13-14,16,19-21,23,25,35H,4-9,11-12,15,17-18H2,1-3H3. The van der Waals surface area contributed by atoms with Gasteiger partial charge >= 0.3 is 6.18 Å². The molecule has 1 N–H and O–H groups in total. The molecule has 0 radical (unpaired) electrons. The van der Waals surface area contributed by atoms with Crippen molar-refractivity contribution in [3.05, 3.63) is 57.8 Å². The number of halogens is 3. The van der Waals surface area contributed by atoms with E-state index in [9.17, 15) is 28.1 Å². The number of pyridine rings is 1. The Bertz CT molecular complexity index is 1150. The Labute approximate surface area is 239 Å². The molecule has 1 amide bonds. The highest BCUT2D eigenvalue weighted by molar-refractivity contribution is 5.75. The zero-order chi connectivity index (χ0) is 30.0. The third-order valence-corrected chi connectivity index (χ3v) is 7.60. The molecular weight excluding hydrogens is 537 g/mol. The SMILES string of the molecule is CCCN(CCC(C)CCc1ccnc(OC2CCC(Nc3ccc([N+](=O)[O-])c(C(F)(F)F)c3)CC2)c1)C(=O)CC. The number of hydrogen-bond donors (Lipinski definition) is 1. The first kappa shape index (κ1) is 32.1. The van der Waals surface area contributed by atoms with Gasteiger partial charge in [-0.1, -0.05) is 20.8 Å². The van der Waals surface area contributed by atoms with Crippen molar-refractivity contribution >= 4 is 17.3 Å². The second-order valence-corrected chi connectivity index (χ2v) is 10.9. The number of nitro groups is 1. The smallest absolute Gasteiger partial charge is 0.423 e. The van der Waals surface area contributed by atoms with E-state index in [1.807, 2.05) is 24.0 Å². The number of nitrogens with zero attached hydrogens (tertiary/aromatic N) is 3. The molecule has 0 bridgehead atoms. The number of carbonyl (C=O) groups is 1. The summed E-state index contributed by atoms with van der Waals surface area (Å²) < 4.78 is 46.1. The van der Waals surface area contributed by atoms with Gasteiger partial charge in [-0.15, -0.1) is 0 Å². The predicted octanol–water partition coefficient (Wildman–Crippen LogP) is 7.42. The normalized spacial score (nSPS) is 18.0. The van der Waals surface area contributed by atoms with Gasteiger partial charge in [-0.05, 0) is 81.0 Å². The summed E-state index contributed by atoms with van der Waals surface area (Å²) in [4.78, 5) is 28.4. The van der Waals surface area contributed by atoms with E-state index in [4.69, 9.17) is 4.74 Å². The predicted molar refractivity (Wildman–Crippen MR) is 152 cm³/mol. The Balaban J connectivity index is 1.46. The summed E-state index contributed by atoms with van der Waals surface area (Å²) >= 11 is 0. The molecule has 1 saturated carbocycles. The van der Waals surface area contributed by atoms with E-state index in [0.717, 1.165) is 56.5 Å². The summed E-state index contributed by atoms with van der Waals surface area (Å²) in [5, 5.41) is 14.1. The van der Waals surface area contributed by atoms with Gasteiger partial charge < -0.3 is 15.0 Å². The molecule has 11 heteroatoms. The van der Waals surface area contributed by atoms with Gasteiger partial charge in [-0.3, -0.25) is 14.9 Å². The second-order valence-electron chi connectivity index (χ2n) is 10.9. The third kappa shape index (κ3) is 9.89. The van der Waals surface area contributed by atoms with Crippen LogP contribution in [-0.2, 0) is 17.4 Å². The van der Waals surface area contributed by atoms with Crippen LogP contribution in [0.4, 0.5) is 24.5 Å². The largest absolute Gasteiger partial charge is 0.474 e. The molecule has 1 aromatic heterocycles. The van der Waals surface area contributed by atoms with Crippen LogP contribution in [0, 0.1) is 16.0 Å². The van der Waals surface area contributed by atoms with E-state index in [1.165, 1.54) is 6.07 Å². The number of benzene rings is 1. The van der Waals surface area contributed by atoms with E-state index in [0.29, 0.717) is 43.9 Å². The van der Waals surface area contributed by atoms with Crippen molar-refractivity contribution < 1.29 is 27.6 Å². The number of hydrogen-bond acceptors (Lipinski definition) is 6. The fourth-order valence-electron chi connectivity index (χ4n) is 5.20. The van der Waals surface area contributed by atoms with E-state index in [-0.39, 0.29) is 23.7 Å². The number of alkyl halides is 3. The van der Waals surface area contributed by atoms with Gasteiger partial charge in [-0.25, -0.2) is 4.98 Å². The second kappa shape index (κ2) is 15.0. The average molecular weight is 579 g/mol. The van der Waals surface area contributed by atoms with E-state index in [1.54, 1.807) is 6.20 Å². The van der Waals surface area contributed by atoms with Gasteiger partial charge in [0.25, 0.3) is 5.69 Å². The monoisotopic (exact) mass is 578 g/mol. The summed E-state index contributed by atoms with van der Waals surface area (Å²) in [6.45, 7) is 7.79. The van der Waals surface area contributed by atoms with Crippen molar-refractivity contribution in [1.29, 1.82) is 0 Å². The minimum atomic E-state index is -4.81. The molecule has 3 rings (SSSR count). The zero-order valence-electron chi connectivity index (χ0n) is 24.1. The highest BCUT2D eigenvalue weighted by atomic mass is 19.4. The van der Waals surface area contributed by atoms with Gasteiger partial charge in [0, 0.05) is 49.6 Å². The number of ether oxygens (including phenoxy) is 1. The lowest BCUT2D eigenvalue weighted by Gasteiger charge is -2.30. The molecular formula is C30H41F3N4O4. The van der Waals surface area contributed by atoms with Crippen LogP contribution >= 0.6 is 0 Å². The summed E-state index contributed by atoms with van der Waals surface area (Å²) in [6, 6.07) is 6.93. The Morgan fingerprint density at radius 1 is 1.15 bits per heavy atom. The Morgan fingerprint density at radius 3 is 2.51 bits per heavy atom. The fourth-order valence-corrected chi connectivity index (χ4v) is 5.20. The molecule has 2 aromatic rings. The van der Waals surface area contributed by atoms with E-state index < -0.39 is 22.4 Å². The highest BCUT2D eigenvalue weighted by Gasteiger charge is 2.38.